The number of nitro groups is 1. The molecular weight excluding hydrogens is 380 g/mol. The third-order valence-electron chi connectivity index (χ3n) is 4.08. The number of hydrogen-bond donors (Lipinski definition) is 1. The average molecular weight is 400 g/mol. The molecule has 0 spiro atoms. The minimum Gasteiger partial charge on any atom is -0.497 e. The van der Waals surface area contributed by atoms with Gasteiger partial charge in [0.1, 0.15) is 30.2 Å². The van der Waals surface area contributed by atoms with Crippen molar-refractivity contribution >= 4 is 28.3 Å². The Bertz CT molecular complexity index is 1030. The number of ether oxygens (including phenoxy) is 3. The minimum absolute atomic E-state index is 0.108. The molecule has 3 rings (SSSR count). The number of carbonyl (C=O) groups excluding carboxylic acids is 1. The van der Waals surface area contributed by atoms with E-state index in [0.29, 0.717) is 41.4 Å². The number of para-hydroxylation sites is 1. The largest absolute Gasteiger partial charge is 0.497 e. The van der Waals surface area contributed by atoms with Crippen molar-refractivity contribution in [2.75, 3.05) is 32.8 Å². The van der Waals surface area contributed by atoms with Gasteiger partial charge in [0.05, 0.1) is 30.5 Å². The van der Waals surface area contributed by atoms with Crippen molar-refractivity contribution < 1.29 is 23.9 Å². The lowest BCUT2D eigenvalue weighted by molar-refractivity contribution is -0.383. The van der Waals surface area contributed by atoms with Gasteiger partial charge in [0.15, 0.2) is 0 Å². The molecular formula is C19H20N4O6. The zero-order valence-corrected chi connectivity index (χ0v) is 16.0. The standard InChI is InChI=1S/C19H20N4O6/c1-27-6-7-29-15-9-13(8-14(10-15)28-2)21-18(24)11-22-12-20-16-4-3-5-17(19(16)22)23(25)26/h3-5,8-10,12H,6-7,11H2,1-2H3,(H,21,24). The summed E-state index contributed by atoms with van der Waals surface area (Å²) in [4.78, 5) is 27.5. The van der Waals surface area contributed by atoms with Crippen LogP contribution in [0.15, 0.2) is 42.7 Å². The molecule has 0 atom stereocenters. The van der Waals surface area contributed by atoms with Crippen molar-refractivity contribution in [3.63, 3.8) is 0 Å². The lowest BCUT2D eigenvalue weighted by Gasteiger charge is -2.12. The van der Waals surface area contributed by atoms with Crippen LogP contribution in [0.4, 0.5) is 11.4 Å². The zero-order chi connectivity index (χ0) is 20.8. The molecule has 2 aromatic carbocycles. The normalized spacial score (nSPS) is 10.7. The van der Waals surface area contributed by atoms with Crippen molar-refractivity contribution in [1.82, 2.24) is 9.55 Å². The van der Waals surface area contributed by atoms with E-state index in [0.717, 1.165) is 0 Å². The Morgan fingerprint density at radius 2 is 2.00 bits per heavy atom. The van der Waals surface area contributed by atoms with E-state index >= 15 is 0 Å². The molecule has 0 fully saturated rings. The van der Waals surface area contributed by atoms with Gasteiger partial charge in [0.25, 0.3) is 5.69 Å². The molecule has 0 bridgehead atoms. The lowest BCUT2D eigenvalue weighted by atomic mass is 10.2. The van der Waals surface area contributed by atoms with Crippen molar-refractivity contribution in [3.05, 3.63) is 52.8 Å². The fourth-order valence-corrected chi connectivity index (χ4v) is 2.82. The second-order valence-electron chi connectivity index (χ2n) is 6.06. The van der Waals surface area contributed by atoms with Crippen molar-refractivity contribution in [3.8, 4) is 11.5 Å². The van der Waals surface area contributed by atoms with E-state index in [-0.39, 0.29) is 18.1 Å². The zero-order valence-electron chi connectivity index (χ0n) is 16.0. The molecule has 1 heterocycles. The molecule has 0 aliphatic carbocycles. The third-order valence-corrected chi connectivity index (χ3v) is 4.08. The van der Waals surface area contributed by atoms with E-state index in [1.165, 1.54) is 24.1 Å². The number of nitrogens with one attached hydrogen (secondary N) is 1. The quantitative estimate of drug-likeness (QED) is 0.333. The van der Waals surface area contributed by atoms with Gasteiger partial charge in [-0.2, -0.15) is 0 Å². The van der Waals surface area contributed by atoms with Crippen molar-refractivity contribution in [2.45, 2.75) is 6.54 Å². The molecule has 152 valence electrons. The van der Waals surface area contributed by atoms with Crippen LogP contribution in [-0.2, 0) is 16.1 Å². The summed E-state index contributed by atoms with van der Waals surface area (Å²) < 4.78 is 17.2. The molecule has 0 aliphatic heterocycles. The average Bonchev–Trinajstić information content (AvgIpc) is 3.10. The smallest absolute Gasteiger partial charge is 0.295 e. The van der Waals surface area contributed by atoms with Gasteiger partial charge in [-0.05, 0) is 6.07 Å². The van der Waals surface area contributed by atoms with Gasteiger partial charge >= 0.3 is 0 Å². The van der Waals surface area contributed by atoms with Crippen LogP contribution in [0.3, 0.4) is 0 Å². The van der Waals surface area contributed by atoms with E-state index < -0.39 is 4.92 Å². The first-order chi connectivity index (χ1) is 14.0. The molecule has 0 saturated carbocycles. The highest BCUT2D eigenvalue weighted by atomic mass is 16.6. The van der Waals surface area contributed by atoms with E-state index in [1.54, 1.807) is 37.4 Å². The third kappa shape index (κ3) is 4.79. The number of rotatable bonds is 9. The molecule has 3 aromatic rings. The topological polar surface area (TPSA) is 118 Å². The van der Waals surface area contributed by atoms with Crippen LogP contribution in [0.2, 0.25) is 0 Å². The molecule has 10 heteroatoms. The van der Waals surface area contributed by atoms with Crippen LogP contribution in [0.5, 0.6) is 11.5 Å². The number of methoxy groups -OCH3 is 2. The molecule has 1 N–H and O–H groups in total. The minimum atomic E-state index is -0.496. The number of amides is 1. The first-order valence-electron chi connectivity index (χ1n) is 8.70. The molecule has 0 unspecified atom stereocenters. The number of non-ortho nitro benzene ring substituents is 1. The maximum atomic E-state index is 12.5. The molecule has 0 aliphatic rings. The van der Waals surface area contributed by atoms with Crippen LogP contribution in [0.25, 0.3) is 11.0 Å². The van der Waals surface area contributed by atoms with Crippen molar-refractivity contribution in [2.24, 2.45) is 0 Å². The number of benzene rings is 2. The van der Waals surface area contributed by atoms with Crippen LogP contribution >= 0.6 is 0 Å². The summed E-state index contributed by atoms with van der Waals surface area (Å²) in [6.45, 7) is 0.631. The summed E-state index contributed by atoms with van der Waals surface area (Å²) in [5.74, 6) is 0.651. The van der Waals surface area contributed by atoms with Gasteiger partial charge in [0, 0.05) is 37.1 Å². The first kappa shape index (κ1) is 20.1. The predicted octanol–water partition coefficient (Wildman–Crippen LogP) is 2.62. The van der Waals surface area contributed by atoms with E-state index in [9.17, 15) is 14.9 Å². The molecule has 10 nitrogen and oxygen atoms in total. The Morgan fingerprint density at radius 1 is 1.21 bits per heavy atom. The maximum absolute atomic E-state index is 12.5. The van der Waals surface area contributed by atoms with E-state index in [1.807, 2.05) is 0 Å². The number of nitrogens with zero attached hydrogens (tertiary/aromatic N) is 3. The van der Waals surface area contributed by atoms with Gasteiger partial charge < -0.3 is 24.1 Å². The highest BCUT2D eigenvalue weighted by Crippen LogP contribution is 2.27. The second-order valence-corrected chi connectivity index (χ2v) is 6.06. The highest BCUT2D eigenvalue weighted by molar-refractivity contribution is 5.93. The van der Waals surface area contributed by atoms with Gasteiger partial charge in [-0.1, -0.05) is 6.07 Å². The monoisotopic (exact) mass is 400 g/mol. The summed E-state index contributed by atoms with van der Waals surface area (Å²) in [7, 11) is 3.08. The van der Waals surface area contributed by atoms with Gasteiger partial charge in [-0.15, -0.1) is 0 Å². The van der Waals surface area contributed by atoms with E-state index in [4.69, 9.17) is 14.2 Å². The Labute approximate surface area is 166 Å². The van der Waals surface area contributed by atoms with Crippen LogP contribution in [0, 0.1) is 10.1 Å². The van der Waals surface area contributed by atoms with Crippen molar-refractivity contribution in [1.29, 1.82) is 0 Å². The predicted molar refractivity (Wildman–Crippen MR) is 105 cm³/mol. The summed E-state index contributed by atoms with van der Waals surface area (Å²) >= 11 is 0. The summed E-state index contributed by atoms with van der Waals surface area (Å²) in [6, 6.07) is 9.59. The van der Waals surface area contributed by atoms with Crippen LogP contribution < -0.4 is 14.8 Å². The Morgan fingerprint density at radius 3 is 2.72 bits per heavy atom. The Kier molecular flexibility index (Phi) is 6.25. The first-order valence-corrected chi connectivity index (χ1v) is 8.70. The number of hydrogen-bond acceptors (Lipinski definition) is 7. The number of carbonyl (C=O) groups is 1. The molecule has 1 amide bonds. The number of fused-ring (bicyclic) bond motifs is 1. The van der Waals surface area contributed by atoms with Gasteiger partial charge in [-0.25, -0.2) is 4.98 Å². The fourth-order valence-electron chi connectivity index (χ4n) is 2.82. The molecule has 29 heavy (non-hydrogen) atoms. The molecule has 0 radical (unpaired) electrons. The Balaban J connectivity index is 1.78. The second kappa shape index (κ2) is 9.02. The number of aromatic nitrogens is 2. The SMILES string of the molecule is COCCOc1cc(NC(=O)Cn2cnc3cccc([N+](=O)[O-])c32)cc(OC)c1. The summed E-state index contributed by atoms with van der Waals surface area (Å²) in [6.07, 6.45) is 1.40. The maximum Gasteiger partial charge on any atom is 0.295 e. The highest BCUT2D eigenvalue weighted by Gasteiger charge is 2.18. The fraction of sp³-hybridized carbons (Fsp3) is 0.263. The van der Waals surface area contributed by atoms with Gasteiger partial charge in [-0.3, -0.25) is 14.9 Å². The summed E-state index contributed by atoms with van der Waals surface area (Å²) in [5, 5.41) is 14.0. The number of imidazole rings is 1. The summed E-state index contributed by atoms with van der Waals surface area (Å²) in [5.41, 5.74) is 1.10. The lowest BCUT2D eigenvalue weighted by Crippen LogP contribution is -2.18. The number of anilines is 1. The number of nitro benzene ring substituents is 1. The van der Waals surface area contributed by atoms with Gasteiger partial charge in [0.2, 0.25) is 5.91 Å². The van der Waals surface area contributed by atoms with Crippen LogP contribution in [0.1, 0.15) is 0 Å². The van der Waals surface area contributed by atoms with E-state index in [2.05, 4.69) is 10.3 Å². The molecule has 0 saturated heterocycles. The van der Waals surface area contributed by atoms with Crippen LogP contribution in [-0.4, -0.2) is 47.8 Å². The Hall–Kier alpha value is -3.66. The molecule has 1 aromatic heterocycles.